The van der Waals surface area contributed by atoms with E-state index < -0.39 is 5.97 Å². The Morgan fingerprint density at radius 3 is 2.36 bits per heavy atom. The highest BCUT2D eigenvalue weighted by atomic mass is 16.5. The fourth-order valence-corrected chi connectivity index (χ4v) is 3.48. The van der Waals surface area contributed by atoms with Crippen molar-refractivity contribution in [2.45, 2.75) is 40.5 Å². The topological polar surface area (TPSA) is 73.9 Å². The van der Waals surface area contributed by atoms with E-state index in [0.717, 1.165) is 35.2 Å². The minimum absolute atomic E-state index is 0.230. The van der Waals surface area contributed by atoms with Crippen LogP contribution in [0.1, 0.15) is 53.7 Å². The molecule has 36 heavy (non-hydrogen) atoms. The summed E-state index contributed by atoms with van der Waals surface area (Å²) in [4.78, 5) is 24.9. The first-order valence-electron chi connectivity index (χ1n) is 12.2. The van der Waals surface area contributed by atoms with Crippen LogP contribution in [0.2, 0.25) is 0 Å². The van der Waals surface area contributed by atoms with Gasteiger partial charge in [0.1, 0.15) is 5.75 Å². The Morgan fingerprint density at radius 1 is 0.889 bits per heavy atom. The maximum Gasteiger partial charge on any atom is 0.336 e. The van der Waals surface area contributed by atoms with Crippen molar-refractivity contribution >= 4 is 23.6 Å². The number of unbranched alkanes of at least 4 members (excludes halogenated alkanes) is 1. The molecule has 0 saturated carbocycles. The lowest BCUT2D eigenvalue weighted by Crippen LogP contribution is -2.13. The van der Waals surface area contributed by atoms with E-state index in [-0.39, 0.29) is 5.91 Å². The summed E-state index contributed by atoms with van der Waals surface area (Å²) in [5.74, 6) is 0.920. The van der Waals surface area contributed by atoms with Crippen LogP contribution in [0.25, 0.3) is 6.08 Å². The van der Waals surface area contributed by atoms with Crippen molar-refractivity contribution in [2.75, 3.05) is 18.5 Å². The van der Waals surface area contributed by atoms with Crippen molar-refractivity contribution in [1.82, 2.24) is 0 Å². The predicted octanol–water partition coefficient (Wildman–Crippen LogP) is 6.75. The molecule has 188 valence electrons. The van der Waals surface area contributed by atoms with E-state index in [4.69, 9.17) is 14.2 Å². The summed E-state index contributed by atoms with van der Waals surface area (Å²) >= 11 is 0. The number of aryl methyl sites for hydroxylation is 2. The molecular formula is C30H33NO5. The van der Waals surface area contributed by atoms with Gasteiger partial charge in [0, 0.05) is 17.3 Å². The Bertz CT molecular complexity index is 1210. The Morgan fingerprint density at radius 2 is 1.67 bits per heavy atom. The molecule has 0 fully saturated rings. The third kappa shape index (κ3) is 7.73. The van der Waals surface area contributed by atoms with Crippen molar-refractivity contribution in [1.29, 1.82) is 0 Å². The van der Waals surface area contributed by atoms with Crippen LogP contribution in [-0.4, -0.2) is 25.1 Å². The molecule has 0 bridgehead atoms. The van der Waals surface area contributed by atoms with Gasteiger partial charge in [-0.1, -0.05) is 37.1 Å². The molecule has 0 heterocycles. The fourth-order valence-electron chi connectivity index (χ4n) is 3.48. The number of ether oxygens (including phenoxy) is 3. The monoisotopic (exact) mass is 487 g/mol. The molecule has 0 aromatic heterocycles. The second kappa shape index (κ2) is 13.1. The molecule has 0 aliphatic heterocycles. The van der Waals surface area contributed by atoms with Crippen LogP contribution in [0.5, 0.6) is 17.2 Å². The summed E-state index contributed by atoms with van der Waals surface area (Å²) < 4.78 is 16.8. The van der Waals surface area contributed by atoms with Crippen LogP contribution in [-0.2, 0) is 4.79 Å². The van der Waals surface area contributed by atoms with Gasteiger partial charge < -0.3 is 19.5 Å². The van der Waals surface area contributed by atoms with Gasteiger partial charge in [0.2, 0.25) is 0 Å². The first kappa shape index (κ1) is 26.5. The first-order chi connectivity index (χ1) is 17.4. The molecule has 1 N–H and O–H groups in total. The average molecular weight is 488 g/mol. The SMILES string of the molecule is CCCCOc1ccc(/C=C/C(=O)Oc2ccc(C(=O)Nc3ccc(C)cc3C)cc2)cc1OCC. The number of carbonyl (C=O) groups excluding carboxylic acids is 2. The molecule has 0 aliphatic rings. The van der Waals surface area contributed by atoms with Gasteiger partial charge >= 0.3 is 5.97 Å². The van der Waals surface area contributed by atoms with Gasteiger partial charge in [0.05, 0.1) is 13.2 Å². The van der Waals surface area contributed by atoms with Crippen molar-refractivity contribution in [3.63, 3.8) is 0 Å². The second-order valence-electron chi connectivity index (χ2n) is 8.39. The zero-order valence-corrected chi connectivity index (χ0v) is 21.3. The number of benzene rings is 3. The number of anilines is 1. The summed E-state index contributed by atoms with van der Waals surface area (Å²) in [5, 5.41) is 2.91. The van der Waals surface area contributed by atoms with E-state index >= 15 is 0 Å². The lowest BCUT2D eigenvalue weighted by Gasteiger charge is -2.12. The van der Waals surface area contributed by atoms with Gasteiger partial charge in [0.15, 0.2) is 11.5 Å². The third-order valence-corrected chi connectivity index (χ3v) is 5.40. The van der Waals surface area contributed by atoms with Crippen molar-refractivity contribution in [3.8, 4) is 17.2 Å². The van der Waals surface area contributed by atoms with Gasteiger partial charge in [-0.15, -0.1) is 0 Å². The van der Waals surface area contributed by atoms with E-state index in [1.165, 1.54) is 6.08 Å². The number of hydrogen-bond donors (Lipinski definition) is 1. The summed E-state index contributed by atoms with van der Waals surface area (Å²) in [6.45, 7) is 9.12. The number of carbonyl (C=O) groups is 2. The number of amides is 1. The normalized spacial score (nSPS) is 10.8. The molecule has 0 aliphatic carbocycles. The average Bonchev–Trinajstić information content (AvgIpc) is 2.86. The lowest BCUT2D eigenvalue weighted by molar-refractivity contribution is -0.128. The summed E-state index contributed by atoms with van der Waals surface area (Å²) in [6, 6.07) is 17.8. The first-order valence-corrected chi connectivity index (χ1v) is 12.2. The highest BCUT2D eigenvalue weighted by Gasteiger charge is 2.10. The quantitative estimate of drug-likeness (QED) is 0.140. The summed E-state index contributed by atoms with van der Waals surface area (Å²) in [6.07, 6.45) is 5.03. The van der Waals surface area contributed by atoms with Crippen LogP contribution in [0.3, 0.4) is 0 Å². The Labute approximate surface area is 212 Å². The van der Waals surface area contributed by atoms with Crippen LogP contribution < -0.4 is 19.5 Å². The van der Waals surface area contributed by atoms with Crippen LogP contribution in [0.15, 0.2) is 66.7 Å². The standard InChI is InChI=1S/C30H33NO5/c1-5-7-18-35-27-16-9-23(20-28(27)34-6-2)10-17-29(32)36-25-13-11-24(12-14-25)30(33)31-26-15-8-21(3)19-22(26)4/h8-17,19-20H,5-7,18H2,1-4H3,(H,31,33)/b17-10+. The van der Waals surface area contributed by atoms with Crippen LogP contribution >= 0.6 is 0 Å². The Hall–Kier alpha value is -4.06. The highest BCUT2D eigenvalue weighted by Crippen LogP contribution is 2.29. The minimum atomic E-state index is -0.524. The maximum atomic E-state index is 12.6. The van der Waals surface area contributed by atoms with Gasteiger partial charge in [-0.25, -0.2) is 4.79 Å². The zero-order valence-electron chi connectivity index (χ0n) is 21.3. The molecule has 6 heteroatoms. The van der Waals surface area contributed by atoms with E-state index in [2.05, 4.69) is 12.2 Å². The maximum absolute atomic E-state index is 12.6. The molecule has 0 radical (unpaired) electrons. The smallest absolute Gasteiger partial charge is 0.336 e. The highest BCUT2D eigenvalue weighted by molar-refractivity contribution is 6.04. The number of rotatable bonds is 11. The van der Waals surface area contributed by atoms with E-state index in [1.54, 1.807) is 30.3 Å². The molecule has 0 saturated heterocycles. The zero-order chi connectivity index (χ0) is 25.9. The Kier molecular flexibility index (Phi) is 9.69. The lowest BCUT2D eigenvalue weighted by atomic mass is 10.1. The molecule has 3 aromatic rings. The third-order valence-electron chi connectivity index (χ3n) is 5.40. The summed E-state index contributed by atoms with van der Waals surface area (Å²) in [5.41, 5.74) is 4.15. The molecule has 0 unspecified atom stereocenters. The van der Waals surface area contributed by atoms with E-state index in [9.17, 15) is 9.59 Å². The molecule has 3 rings (SSSR count). The number of hydrogen-bond acceptors (Lipinski definition) is 5. The molecule has 6 nitrogen and oxygen atoms in total. The number of esters is 1. The fraction of sp³-hybridized carbons (Fsp3) is 0.267. The summed E-state index contributed by atoms with van der Waals surface area (Å²) in [7, 11) is 0. The predicted molar refractivity (Wildman–Crippen MR) is 143 cm³/mol. The molecule has 3 aromatic carbocycles. The number of nitrogens with one attached hydrogen (secondary N) is 1. The second-order valence-corrected chi connectivity index (χ2v) is 8.39. The van der Waals surface area contributed by atoms with Crippen LogP contribution in [0.4, 0.5) is 5.69 Å². The largest absolute Gasteiger partial charge is 0.490 e. The molecule has 0 spiro atoms. The van der Waals surface area contributed by atoms with Gasteiger partial charge in [0.25, 0.3) is 5.91 Å². The molecular weight excluding hydrogens is 454 g/mol. The minimum Gasteiger partial charge on any atom is -0.490 e. The van der Waals surface area contributed by atoms with E-state index in [1.807, 2.05) is 57.2 Å². The van der Waals surface area contributed by atoms with Crippen molar-refractivity contribution < 1.29 is 23.8 Å². The molecule has 1 amide bonds. The van der Waals surface area contributed by atoms with E-state index in [0.29, 0.717) is 36.0 Å². The van der Waals surface area contributed by atoms with Crippen molar-refractivity contribution in [2.24, 2.45) is 0 Å². The van der Waals surface area contributed by atoms with Crippen LogP contribution in [0, 0.1) is 13.8 Å². The Balaban J connectivity index is 1.59. The van der Waals surface area contributed by atoms with Gasteiger partial charge in [-0.2, -0.15) is 0 Å². The van der Waals surface area contributed by atoms with Crippen molar-refractivity contribution in [3.05, 3.63) is 89.0 Å². The van der Waals surface area contributed by atoms with Gasteiger partial charge in [-0.05, 0) is 86.9 Å². The molecule has 0 atom stereocenters. The van der Waals surface area contributed by atoms with Gasteiger partial charge in [-0.3, -0.25) is 4.79 Å².